The van der Waals surface area contributed by atoms with Gasteiger partial charge in [0.25, 0.3) is 0 Å². The van der Waals surface area contributed by atoms with E-state index in [4.69, 9.17) is 9.47 Å². The number of methoxy groups -OCH3 is 2. The summed E-state index contributed by atoms with van der Waals surface area (Å²) in [5.41, 5.74) is 0.654. The molecule has 1 N–H and O–H groups in total. The summed E-state index contributed by atoms with van der Waals surface area (Å²) in [6.07, 6.45) is 0.146. The molecule has 1 aliphatic heterocycles. The van der Waals surface area contributed by atoms with E-state index in [2.05, 4.69) is 4.72 Å². The van der Waals surface area contributed by atoms with Gasteiger partial charge in [-0.2, -0.15) is 0 Å². The van der Waals surface area contributed by atoms with Crippen LogP contribution in [0, 0.1) is 0 Å². The molecule has 1 atom stereocenters. The second-order valence-electron chi connectivity index (χ2n) is 4.97. The summed E-state index contributed by atoms with van der Waals surface area (Å²) >= 11 is 0. The third kappa shape index (κ3) is 3.50. The van der Waals surface area contributed by atoms with Crippen LogP contribution >= 0.6 is 0 Å². The summed E-state index contributed by atoms with van der Waals surface area (Å²) in [6, 6.07) is 4.75. The quantitative estimate of drug-likeness (QED) is 0.833. The Kier molecular flexibility index (Phi) is 4.92. The zero-order valence-corrected chi connectivity index (χ0v) is 13.6. The van der Waals surface area contributed by atoms with Crippen molar-refractivity contribution in [3.8, 4) is 11.5 Å². The molecule has 1 aromatic rings. The number of hydrogen-bond acceptors (Lipinski definition) is 5. The van der Waals surface area contributed by atoms with Crippen molar-refractivity contribution >= 4 is 21.6 Å². The van der Waals surface area contributed by atoms with Crippen LogP contribution in [0.4, 0.5) is 5.69 Å². The third-order valence-electron chi connectivity index (χ3n) is 3.53. The molecular formula is C14H20N2O5S. The molecule has 7 nitrogen and oxygen atoms in total. The fourth-order valence-electron chi connectivity index (χ4n) is 2.37. The van der Waals surface area contributed by atoms with Gasteiger partial charge in [-0.15, -0.1) is 0 Å². The van der Waals surface area contributed by atoms with Crippen LogP contribution in [0.25, 0.3) is 0 Å². The number of sulfonamides is 1. The minimum Gasteiger partial charge on any atom is -0.493 e. The lowest BCUT2D eigenvalue weighted by molar-refractivity contribution is -0.117. The van der Waals surface area contributed by atoms with Gasteiger partial charge in [0.2, 0.25) is 15.9 Å². The highest BCUT2D eigenvalue weighted by Crippen LogP contribution is 2.33. The number of nitrogens with one attached hydrogen (secondary N) is 1. The maximum Gasteiger partial charge on any atom is 0.228 e. The summed E-state index contributed by atoms with van der Waals surface area (Å²) in [5, 5.41) is 0. The van der Waals surface area contributed by atoms with Crippen LogP contribution in [0.5, 0.6) is 11.5 Å². The van der Waals surface area contributed by atoms with Gasteiger partial charge in [0.05, 0.1) is 20.0 Å². The van der Waals surface area contributed by atoms with Gasteiger partial charge in [0.15, 0.2) is 11.5 Å². The Morgan fingerprint density at radius 2 is 1.95 bits per heavy atom. The molecule has 2 rings (SSSR count). The zero-order chi connectivity index (χ0) is 16.3. The maximum atomic E-state index is 12.1. The van der Waals surface area contributed by atoms with Crippen molar-refractivity contribution in [1.29, 1.82) is 0 Å². The lowest BCUT2D eigenvalue weighted by Gasteiger charge is -2.19. The third-order valence-corrected chi connectivity index (χ3v) is 4.98. The number of carbonyl (C=O) groups excluding carboxylic acids is 1. The van der Waals surface area contributed by atoms with Gasteiger partial charge in [0.1, 0.15) is 0 Å². The molecule has 0 aliphatic carbocycles. The van der Waals surface area contributed by atoms with Crippen molar-refractivity contribution in [2.24, 2.45) is 0 Å². The highest BCUT2D eigenvalue weighted by Gasteiger charge is 2.33. The highest BCUT2D eigenvalue weighted by molar-refractivity contribution is 7.89. The first kappa shape index (κ1) is 16.6. The summed E-state index contributed by atoms with van der Waals surface area (Å²) in [4.78, 5) is 13.7. The Labute approximate surface area is 130 Å². The number of anilines is 1. The second kappa shape index (κ2) is 6.53. The van der Waals surface area contributed by atoms with Crippen molar-refractivity contribution in [3.63, 3.8) is 0 Å². The van der Waals surface area contributed by atoms with Gasteiger partial charge < -0.3 is 14.4 Å². The monoisotopic (exact) mass is 328 g/mol. The molecule has 22 heavy (non-hydrogen) atoms. The molecule has 122 valence electrons. The molecule has 1 unspecified atom stereocenters. The largest absolute Gasteiger partial charge is 0.493 e. The first-order valence-electron chi connectivity index (χ1n) is 6.92. The van der Waals surface area contributed by atoms with E-state index >= 15 is 0 Å². The highest BCUT2D eigenvalue weighted by atomic mass is 32.2. The average molecular weight is 328 g/mol. The SMILES string of the molecule is CCS(=O)(=O)NC1CC(=O)N(c2ccc(OC)c(OC)c2)C1. The number of rotatable bonds is 6. The van der Waals surface area contributed by atoms with Crippen LogP contribution in [-0.2, 0) is 14.8 Å². The summed E-state index contributed by atoms with van der Waals surface area (Å²) in [6.45, 7) is 1.86. The topological polar surface area (TPSA) is 84.9 Å². The van der Waals surface area contributed by atoms with Crippen LogP contribution in [0.1, 0.15) is 13.3 Å². The lowest BCUT2D eigenvalue weighted by atomic mass is 10.2. The molecule has 0 radical (unpaired) electrons. The molecule has 1 saturated heterocycles. The minimum absolute atomic E-state index is 0.00590. The first-order chi connectivity index (χ1) is 10.4. The van der Waals surface area contributed by atoms with E-state index in [0.29, 0.717) is 23.7 Å². The average Bonchev–Trinajstić information content (AvgIpc) is 2.86. The van der Waals surface area contributed by atoms with Crippen LogP contribution in [-0.4, -0.2) is 46.9 Å². The molecule has 8 heteroatoms. The summed E-state index contributed by atoms with van der Waals surface area (Å²) in [7, 11) is -0.274. The second-order valence-corrected chi connectivity index (χ2v) is 7.01. The number of benzene rings is 1. The van der Waals surface area contributed by atoms with Crippen LogP contribution in [0.15, 0.2) is 18.2 Å². The van der Waals surface area contributed by atoms with Crippen molar-refractivity contribution in [2.75, 3.05) is 31.4 Å². The van der Waals surface area contributed by atoms with Crippen molar-refractivity contribution in [3.05, 3.63) is 18.2 Å². The number of nitrogens with zero attached hydrogens (tertiary/aromatic N) is 1. The smallest absolute Gasteiger partial charge is 0.228 e. The minimum atomic E-state index is -3.33. The summed E-state index contributed by atoms with van der Waals surface area (Å²) in [5.74, 6) is 0.955. The van der Waals surface area contributed by atoms with Gasteiger partial charge >= 0.3 is 0 Å². The number of hydrogen-bond donors (Lipinski definition) is 1. The van der Waals surface area contributed by atoms with Crippen molar-refractivity contribution in [2.45, 2.75) is 19.4 Å². The lowest BCUT2D eigenvalue weighted by Crippen LogP contribution is -2.37. The van der Waals surface area contributed by atoms with E-state index in [1.165, 1.54) is 14.2 Å². The van der Waals surface area contributed by atoms with E-state index < -0.39 is 16.1 Å². The molecule has 1 heterocycles. The fraction of sp³-hybridized carbons (Fsp3) is 0.500. The van der Waals surface area contributed by atoms with Crippen molar-refractivity contribution < 1.29 is 22.7 Å². The maximum absolute atomic E-state index is 12.1. The molecule has 0 saturated carbocycles. The van der Waals surface area contributed by atoms with Crippen LogP contribution in [0.3, 0.4) is 0 Å². The first-order valence-corrected chi connectivity index (χ1v) is 8.57. The van der Waals surface area contributed by atoms with E-state index in [1.807, 2.05) is 0 Å². The van der Waals surface area contributed by atoms with Crippen molar-refractivity contribution in [1.82, 2.24) is 4.72 Å². The number of carbonyl (C=O) groups is 1. The molecule has 0 aromatic heterocycles. The Morgan fingerprint density at radius 3 is 2.55 bits per heavy atom. The van der Waals surface area contributed by atoms with Gasteiger partial charge in [-0.25, -0.2) is 13.1 Å². The van der Waals surface area contributed by atoms with E-state index in [1.54, 1.807) is 30.0 Å². The zero-order valence-electron chi connectivity index (χ0n) is 12.8. The Bertz CT molecular complexity index is 659. The van der Waals surface area contributed by atoms with Gasteiger partial charge in [-0.3, -0.25) is 4.79 Å². The molecule has 1 aliphatic rings. The van der Waals surface area contributed by atoms with Gasteiger partial charge in [-0.1, -0.05) is 0 Å². The fourth-order valence-corrected chi connectivity index (χ4v) is 3.20. The van der Waals surface area contributed by atoms with E-state index in [0.717, 1.165) is 0 Å². The number of amides is 1. The predicted molar refractivity (Wildman–Crippen MR) is 82.9 cm³/mol. The van der Waals surface area contributed by atoms with Crippen LogP contribution < -0.4 is 19.1 Å². The normalized spacial score (nSPS) is 18.6. The van der Waals surface area contributed by atoms with E-state index in [-0.39, 0.29) is 18.1 Å². The molecular weight excluding hydrogens is 308 g/mol. The molecule has 1 fully saturated rings. The molecule has 1 amide bonds. The molecule has 1 aromatic carbocycles. The van der Waals surface area contributed by atoms with E-state index in [9.17, 15) is 13.2 Å². The van der Waals surface area contributed by atoms with Crippen LogP contribution in [0.2, 0.25) is 0 Å². The Balaban J connectivity index is 2.18. The Morgan fingerprint density at radius 1 is 1.27 bits per heavy atom. The predicted octanol–water partition coefficient (Wildman–Crippen LogP) is 0.748. The van der Waals surface area contributed by atoms with Gasteiger partial charge in [-0.05, 0) is 19.1 Å². The Hall–Kier alpha value is -1.80. The van der Waals surface area contributed by atoms with Gasteiger partial charge in [0, 0.05) is 30.8 Å². The standard InChI is InChI=1S/C14H20N2O5S/c1-4-22(18,19)15-10-7-14(17)16(9-10)11-5-6-12(20-2)13(8-11)21-3/h5-6,8,10,15H,4,7,9H2,1-3H3. The molecule has 0 spiro atoms. The summed E-state index contributed by atoms with van der Waals surface area (Å²) < 4.78 is 36.1. The molecule has 0 bridgehead atoms. The number of ether oxygens (including phenoxy) is 2.